The Bertz CT molecular complexity index is 1280. The number of rotatable bonds is 8. The maximum Gasteiger partial charge on any atom is 0.344 e. The maximum absolute atomic E-state index is 14.5. The number of nitrogens with zero attached hydrogens (tertiary/aromatic N) is 2. The molecule has 1 aliphatic rings. The molecule has 3 aromatic rings. The molecular formula is C26H25F2N3O6. The Labute approximate surface area is 211 Å². The first kappa shape index (κ1) is 25.8. The highest BCUT2D eigenvalue weighted by molar-refractivity contribution is 6.07. The number of aliphatic hydroxyl groups is 1. The van der Waals surface area contributed by atoms with Crippen molar-refractivity contribution in [2.24, 2.45) is 0 Å². The van der Waals surface area contributed by atoms with Crippen molar-refractivity contribution in [2.45, 2.75) is 19.9 Å². The highest BCUT2D eigenvalue weighted by Gasteiger charge is 2.32. The summed E-state index contributed by atoms with van der Waals surface area (Å²) in [6.07, 6.45) is 1.69. The second-order valence-corrected chi connectivity index (χ2v) is 8.18. The molecule has 37 heavy (non-hydrogen) atoms. The summed E-state index contributed by atoms with van der Waals surface area (Å²) in [5.74, 6) is -3.61. The Morgan fingerprint density at radius 1 is 1.22 bits per heavy atom. The van der Waals surface area contributed by atoms with E-state index in [9.17, 15) is 23.5 Å². The minimum Gasteiger partial charge on any atom is -0.488 e. The third kappa shape index (κ3) is 5.61. The Morgan fingerprint density at radius 2 is 1.97 bits per heavy atom. The van der Waals surface area contributed by atoms with Crippen LogP contribution in [0.5, 0.6) is 11.5 Å². The van der Waals surface area contributed by atoms with Gasteiger partial charge in [-0.3, -0.25) is 4.79 Å². The van der Waals surface area contributed by atoms with Gasteiger partial charge in [-0.25, -0.2) is 18.6 Å². The quantitative estimate of drug-likeness (QED) is 0.439. The number of amides is 1. The summed E-state index contributed by atoms with van der Waals surface area (Å²) in [4.78, 5) is 30.7. The number of esters is 1. The molecule has 11 heteroatoms. The zero-order valence-corrected chi connectivity index (χ0v) is 20.2. The molecule has 0 radical (unpaired) electrons. The smallest absolute Gasteiger partial charge is 0.344 e. The van der Waals surface area contributed by atoms with Crippen molar-refractivity contribution in [1.82, 2.24) is 4.98 Å². The van der Waals surface area contributed by atoms with Crippen LogP contribution in [-0.2, 0) is 9.53 Å². The SMILES string of the molecule is CCOC(=O)COc1c(F)cc(NC(=O)c2cccc3c2OC[C@H](CO)N3c2ccc(C)cn2)cc1F. The predicted octanol–water partition coefficient (Wildman–Crippen LogP) is 3.75. The summed E-state index contributed by atoms with van der Waals surface area (Å²) in [6.45, 7) is 2.80. The van der Waals surface area contributed by atoms with Gasteiger partial charge >= 0.3 is 5.97 Å². The van der Waals surface area contributed by atoms with Gasteiger partial charge in [-0.2, -0.15) is 0 Å². The standard InChI is InChI=1S/C26H25F2N3O6/c1-3-35-23(33)14-37-25-19(27)9-16(10-20(25)28)30-26(34)18-5-4-6-21-24(18)36-13-17(12-32)31(21)22-8-7-15(2)11-29-22/h4-11,17,32H,3,12-14H2,1-2H3,(H,30,34)/t17-/m0/s1. The molecular weight excluding hydrogens is 488 g/mol. The minimum absolute atomic E-state index is 0.0824. The van der Waals surface area contributed by atoms with Crippen molar-refractivity contribution in [1.29, 1.82) is 0 Å². The Morgan fingerprint density at radius 3 is 2.62 bits per heavy atom. The molecule has 4 rings (SSSR count). The fraction of sp³-hybridized carbons (Fsp3) is 0.269. The van der Waals surface area contributed by atoms with Crippen molar-refractivity contribution in [3.8, 4) is 11.5 Å². The number of hydrogen-bond acceptors (Lipinski definition) is 8. The van der Waals surface area contributed by atoms with Crippen LogP contribution in [0, 0.1) is 18.6 Å². The van der Waals surface area contributed by atoms with Gasteiger partial charge in [0.05, 0.1) is 30.5 Å². The van der Waals surface area contributed by atoms with Crippen molar-refractivity contribution in [2.75, 3.05) is 36.6 Å². The van der Waals surface area contributed by atoms with Gasteiger partial charge in [0.2, 0.25) is 0 Å². The van der Waals surface area contributed by atoms with Gasteiger partial charge in [-0.15, -0.1) is 0 Å². The number of fused-ring (bicyclic) bond motifs is 1. The maximum atomic E-state index is 14.5. The molecule has 1 aromatic heterocycles. The second-order valence-electron chi connectivity index (χ2n) is 8.18. The number of halogens is 2. The molecule has 0 bridgehead atoms. The highest BCUT2D eigenvalue weighted by atomic mass is 19.1. The lowest BCUT2D eigenvalue weighted by Crippen LogP contribution is -2.43. The molecule has 194 valence electrons. The van der Waals surface area contributed by atoms with Crippen LogP contribution in [0.15, 0.2) is 48.7 Å². The summed E-state index contributed by atoms with van der Waals surface area (Å²) in [5, 5.41) is 12.4. The number of aliphatic hydroxyl groups excluding tert-OH is 1. The highest BCUT2D eigenvalue weighted by Crippen LogP contribution is 2.41. The summed E-state index contributed by atoms with van der Waals surface area (Å²) in [5.41, 5.74) is 1.42. The monoisotopic (exact) mass is 513 g/mol. The van der Waals surface area contributed by atoms with E-state index in [0.717, 1.165) is 17.7 Å². The lowest BCUT2D eigenvalue weighted by atomic mass is 10.1. The van der Waals surface area contributed by atoms with E-state index in [1.807, 2.05) is 13.0 Å². The number of anilines is 3. The molecule has 2 N–H and O–H groups in total. The topological polar surface area (TPSA) is 110 Å². The minimum atomic E-state index is -1.10. The van der Waals surface area contributed by atoms with Gasteiger partial charge in [0, 0.05) is 24.0 Å². The number of carbonyl (C=O) groups is 2. The third-order valence-corrected chi connectivity index (χ3v) is 5.53. The van der Waals surface area contributed by atoms with Gasteiger partial charge in [0.15, 0.2) is 29.7 Å². The largest absolute Gasteiger partial charge is 0.488 e. The molecule has 0 unspecified atom stereocenters. The van der Waals surface area contributed by atoms with Crippen molar-refractivity contribution in [3.05, 3.63) is 71.4 Å². The van der Waals surface area contributed by atoms with E-state index in [2.05, 4.69) is 15.0 Å². The Hall–Kier alpha value is -4.25. The first-order valence-corrected chi connectivity index (χ1v) is 11.5. The van der Waals surface area contributed by atoms with E-state index in [1.54, 1.807) is 36.2 Å². The van der Waals surface area contributed by atoms with E-state index in [-0.39, 0.29) is 36.8 Å². The molecule has 9 nitrogen and oxygen atoms in total. The van der Waals surface area contributed by atoms with Crippen molar-refractivity contribution < 1.29 is 37.7 Å². The molecule has 1 atom stereocenters. The fourth-order valence-corrected chi connectivity index (χ4v) is 3.85. The Kier molecular flexibility index (Phi) is 7.83. The van der Waals surface area contributed by atoms with E-state index in [0.29, 0.717) is 11.5 Å². The summed E-state index contributed by atoms with van der Waals surface area (Å²) in [6, 6.07) is 9.87. The Balaban J connectivity index is 1.58. The van der Waals surface area contributed by atoms with Crippen LogP contribution >= 0.6 is 0 Å². The van der Waals surface area contributed by atoms with Gasteiger partial charge in [0.25, 0.3) is 5.91 Å². The van der Waals surface area contributed by atoms with Gasteiger partial charge in [-0.1, -0.05) is 12.1 Å². The van der Waals surface area contributed by atoms with Crippen LogP contribution < -0.4 is 19.7 Å². The fourth-order valence-electron chi connectivity index (χ4n) is 3.85. The second kappa shape index (κ2) is 11.2. The van der Waals surface area contributed by atoms with Gasteiger partial charge < -0.3 is 29.5 Å². The molecule has 1 aliphatic heterocycles. The molecule has 0 aliphatic carbocycles. The van der Waals surface area contributed by atoms with E-state index < -0.39 is 41.9 Å². The first-order chi connectivity index (χ1) is 17.8. The average molecular weight is 513 g/mol. The number of aryl methyl sites for hydroxylation is 1. The number of benzene rings is 2. The molecule has 2 heterocycles. The van der Waals surface area contributed by atoms with Crippen LogP contribution in [0.4, 0.5) is 26.0 Å². The lowest BCUT2D eigenvalue weighted by molar-refractivity contribution is -0.145. The number of para-hydroxylation sites is 1. The molecule has 0 fully saturated rings. The van der Waals surface area contributed by atoms with Gasteiger partial charge in [-0.05, 0) is 37.6 Å². The van der Waals surface area contributed by atoms with Crippen LogP contribution in [0.25, 0.3) is 0 Å². The van der Waals surface area contributed by atoms with E-state index in [4.69, 9.17) is 9.47 Å². The molecule has 0 saturated heterocycles. The third-order valence-electron chi connectivity index (χ3n) is 5.53. The molecule has 1 amide bonds. The first-order valence-electron chi connectivity index (χ1n) is 11.5. The number of aromatic nitrogens is 1. The van der Waals surface area contributed by atoms with Crippen molar-refractivity contribution >= 4 is 29.1 Å². The summed E-state index contributed by atoms with van der Waals surface area (Å²) in [7, 11) is 0. The molecule has 0 spiro atoms. The van der Waals surface area contributed by atoms with Crippen LogP contribution in [-0.4, -0.2) is 54.4 Å². The number of carbonyl (C=O) groups excluding carboxylic acids is 2. The van der Waals surface area contributed by atoms with Crippen LogP contribution in [0.2, 0.25) is 0 Å². The normalized spacial score (nSPS) is 14.4. The average Bonchev–Trinajstić information content (AvgIpc) is 2.87. The summed E-state index contributed by atoms with van der Waals surface area (Å²) >= 11 is 0. The van der Waals surface area contributed by atoms with Crippen molar-refractivity contribution in [3.63, 3.8) is 0 Å². The van der Waals surface area contributed by atoms with Crippen LogP contribution in [0.1, 0.15) is 22.8 Å². The number of nitrogens with one attached hydrogen (secondary N) is 1. The predicted molar refractivity (Wildman–Crippen MR) is 130 cm³/mol. The number of ether oxygens (including phenoxy) is 3. The zero-order chi connectivity index (χ0) is 26.5. The number of pyridine rings is 1. The zero-order valence-electron chi connectivity index (χ0n) is 20.2. The summed E-state index contributed by atoms with van der Waals surface area (Å²) < 4.78 is 44.4. The number of hydrogen-bond donors (Lipinski definition) is 2. The van der Waals surface area contributed by atoms with E-state index in [1.165, 1.54) is 6.07 Å². The van der Waals surface area contributed by atoms with E-state index >= 15 is 0 Å². The molecule has 2 aromatic carbocycles. The van der Waals surface area contributed by atoms with Crippen LogP contribution in [0.3, 0.4) is 0 Å². The lowest BCUT2D eigenvalue weighted by Gasteiger charge is -2.37. The molecule has 0 saturated carbocycles. The van der Waals surface area contributed by atoms with Gasteiger partial charge in [0.1, 0.15) is 12.4 Å².